The largest absolute Gasteiger partial charge is 0.497 e. The Kier molecular flexibility index (Phi) is 7.57. The zero-order valence-electron chi connectivity index (χ0n) is 24.1. The van der Waals surface area contributed by atoms with Crippen LogP contribution in [0.5, 0.6) is 5.75 Å². The minimum absolute atomic E-state index is 0.0993. The van der Waals surface area contributed by atoms with Crippen molar-refractivity contribution >= 4 is 22.7 Å². The Hall–Kier alpha value is -4.06. The van der Waals surface area contributed by atoms with Crippen LogP contribution in [-0.4, -0.2) is 34.4 Å². The quantitative estimate of drug-likeness (QED) is 0.290. The third kappa shape index (κ3) is 5.12. The number of hydrogen-bond donors (Lipinski definition) is 1. The summed E-state index contributed by atoms with van der Waals surface area (Å²) in [5.74, 6) is 0.469. The standard InChI is InChI=1S/C35H39N3O3/c1-25-18-19-27-22-32-33(39)38(23-26-12-11-17-30(21-26)41-2)35(24-37(32)31(27)20-25,28-13-7-6-8-14-28)34(40)36-29-15-9-4-3-5-10-16-29/h6-8,11-14,17-22,29H,3-5,9-10,15-16,23-24H2,1-2H3,(H,36,40)/t35-/m0/s1. The highest BCUT2D eigenvalue weighted by Gasteiger charge is 2.52. The molecule has 2 heterocycles. The van der Waals surface area contributed by atoms with Crippen LogP contribution in [0.2, 0.25) is 0 Å². The number of carbonyl (C=O) groups excluding carboxylic acids is 2. The molecule has 2 amide bonds. The molecule has 3 aromatic carbocycles. The van der Waals surface area contributed by atoms with Crippen LogP contribution in [-0.2, 0) is 23.4 Å². The molecule has 1 atom stereocenters. The number of nitrogens with zero attached hydrogens (tertiary/aromatic N) is 2. The molecule has 0 radical (unpaired) electrons. The molecule has 2 aliphatic rings. The average Bonchev–Trinajstić information content (AvgIpc) is 3.34. The number of hydrogen-bond acceptors (Lipinski definition) is 3. The third-order valence-electron chi connectivity index (χ3n) is 8.91. The first-order valence-electron chi connectivity index (χ1n) is 14.9. The number of carbonyl (C=O) groups is 2. The van der Waals surface area contributed by atoms with Gasteiger partial charge in [0, 0.05) is 23.5 Å². The van der Waals surface area contributed by atoms with E-state index >= 15 is 0 Å². The van der Waals surface area contributed by atoms with Gasteiger partial charge >= 0.3 is 0 Å². The van der Waals surface area contributed by atoms with E-state index in [9.17, 15) is 9.59 Å². The van der Waals surface area contributed by atoms with Crippen LogP contribution in [0.25, 0.3) is 10.9 Å². The lowest BCUT2D eigenvalue weighted by Crippen LogP contribution is -2.64. The molecule has 0 bridgehead atoms. The normalized spacial score (nSPS) is 19.9. The zero-order chi connectivity index (χ0) is 28.4. The lowest BCUT2D eigenvalue weighted by Gasteiger charge is -2.47. The van der Waals surface area contributed by atoms with Crippen molar-refractivity contribution in [3.8, 4) is 5.75 Å². The number of amides is 2. The maximum Gasteiger partial charge on any atom is 0.272 e. The van der Waals surface area contributed by atoms with Crippen LogP contribution in [0, 0.1) is 6.92 Å². The molecule has 1 aromatic heterocycles. The molecular weight excluding hydrogens is 510 g/mol. The lowest BCUT2D eigenvalue weighted by atomic mass is 9.83. The number of aromatic nitrogens is 1. The summed E-state index contributed by atoms with van der Waals surface area (Å²) in [5, 5.41) is 4.47. The minimum atomic E-state index is -1.23. The van der Waals surface area contributed by atoms with E-state index in [0.717, 1.165) is 59.0 Å². The maximum absolute atomic E-state index is 14.8. The van der Waals surface area contributed by atoms with Crippen molar-refractivity contribution in [1.29, 1.82) is 0 Å². The van der Waals surface area contributed by atoms with Crippen LogP contribution in [0.3, 0.4) is 0 Å². The fourth-order valence-corrected chi connectivity index (χ4v) is 6.69. The molecule has 0 unspecified atom stereocenters. The monoisotopic (exact) mass is 549 g/mol. The zero-order valence-corrected chi connectivity index (χ0v) is 24.1. The molecule has 6 rings (SSSR count). The van der Waals surface area contributed by atoms with E-state index < -0.39 is 5.54 Å². The number of fused-ring (bicyclic) bond motifs is 3. The molecule has 1 N–H and O–H groups in total. The van der Waals surface area contributed by atoms with Gasteiger partial charge in [-0.3, -0.25) is 9.59 Å². The molecule has 0 spiro atoms. The SMILES string of the molecule is COc1cccc(CN2C(=O)c3cc4ccc(C)cc4n3C[C@@]2(C(=O)NC2CCCCCCC2)c2ccccc2)c1. The fourth-order valence-electron chi connectivity index (χ4n) is 6.69. The third-order valence-corrected chi connectivity index (χ3v) is 8.91. The lowest BCUT2D eigenvalue weighted by molar-refractivity contribution is -0.136. The van der Waals surface area contributed by atoms with Crippen LogP contribution >= 0.6 is 0 Å². The number of rotatable bonds is 6. The fraction of sp³-hybridized carbons (Fsp3) is 0.371. The summed E-state index contributed by atoms with van der Waals surface area (Å²) in [6, 6.07) is 25.9. The van der Waals surface area contributed by atoms with Crippen LogP contribution in [0.1, 0.15) is 72.1 Å². The van der Waals surface area contributed by atoms with Gasteiger partial charge in [-0.1, -0.05) is 86.7 Å². The van der Waals surface area contributed by atoms with Crippen molar-refractivity contribution in [3.05, 3.63) is 101 Å². The molecule has 6 nitrogen and oxygen atoms in total. The summed E-state index contributed by atoms with van der Waals surface area (Å²) in [6.45, 7) is 2.68. The van der Waals surface area contributed by atoms with Crippen molar-refractivity contribution < 1.29 is 14.3 Å². The van der Waals surface area contributed by atoms with Gasteiger partial charge in [-0.05, 0) is 60.7 Å². The second-order valence-corrected chi connectivity index (χ2v) is 11.7. The van der Waals surface area contributed by atoms with Gasteiger partial charge in [0.1, 0.15) is 11.4 Å². The molecule has 1 saturated carbocycles. The summed E-state index contributed by atoms with van der Waals surface area (Å²) < 4.78 is 7.56. The van der Waals surface area contributed by atoms with E-state index in [2.05, 4.69) is 35.0 Å². The summed E-state index contributed by atoms with van der Waals surface area (Å²) in [5.41, 5.74) is 3.21. The minimum Gasteiger partial charge on any atom is -0.497 e. The molecule has 6 heteroatoms. The molecule has 212 valence electrons. The first-order chi connectivity index (χ1) is 20.0. The van der Waals surface area contributed by atoms with Gasteiger partial charge in [0.15, 0.2) is 5.54 Å². The number of methoxy groups -OCH3 is 1. The van der Waals surface area contributed by atoms with Crippen LogP contribution in [0.4, 0.5) is 0 Å². The van der Waals surface area contributed by atoms with E-state index in [-0.39, 0.29) is 24.4 Å². The highest BCUT2D eigenvalue weighted by Crippen LogP contribution is 2.41. The van der Waals surface area contributed by atoms with E-state index in [0.29, 0.717) is 12.2 Å². The molecule has 1 aliphatic heterocycles. The number of aryl methyl sites for hydroxylation is 1. The van der Waals surface area contributed by atoms with Crippen molar-refractivity contribution in [1.82, 2.24) is 14.8 Å². The van der Waals surface area contributed by atoms with Crippen molar-refractivity contribution in [2.24, 2.45) is 0 Å². The number of nitrogens with one attached hydrogen (secondary N) is 1. The van der Waals surface area contributed by atoms with Gasteiger partial charge < -0.3 is 19.5 Å². The summed E-state index contributed by atoms with van der Waals surface area (Å²) >= 11 is 0. The molecular formula is C35H39N3O3. The summed E-state index contributed by atoms with van der Waals surface area (Å²) in [6.07, 6.45) is 7.83. The van der Waals surface area contributed by atoms with Gasteiger partial charge in [0.05, 0.1) is 13.7 Å². The van der Waals surface area contributed by atoms with E-state index in [1.54, 1.807) is 12.0 Å². The Morgan fingerprint density at radius 2 is 1.68 bits per heavy atom. The average molecular weight is 550 g/mol. The first-order valence-corrected chi connectivity index (χ1v) is 14.9. The van der Waals surface area contributed by atoms with Gasteiger partial charge in [0.2, 0.25) is 0 Å². The molecule has 1 aliphatic carbocycles. The van der Waals surface area contributed by atoms with E-state index in [1.807, 2.05) is 60.7 Å². The number of benzene rings is 3. The summed E-state index contributed by atoms with van der Waals surface area (Å²) in [4.78, 5) is 31.3. The Bertz CT molecular complexity index is 1550. The van der Waals surface area contributed by atoms with Gasteiger partial charge in [-0.2, -0.15) is 0 Å². The Balaban J connectivity index is 1.52. The van der Waals surface area contributed by atoms with Gasteiger partial charge in [-0.25, -0.2) is 0 Å². The van der Waals surface area contributed by atoms with Crippen LogP contribution < -0.4 is 10.1 Å². The van der Waals surface area contributed by atoms with Crippen LogP contribution in [0.15, 0.2) is 78.9 Å². The van der Waals surface area contributed by atoms with E-state index in [1.165, 1.54) is 19.3 Å². The van der Waals surface area contributed by atoms with Gasteiger partial charge in [-0.15, -0.1) is 0 Å². The molecule has 1 fully saturated rings. The Labute approximate surface area is 242 Å². The maximum atomic E-state index is 14.8. The van der Waals surface area contributed by atoms with Crippen molar-refractivity contribution in [3.63, 3.8) is 0 Å². The summed E-state index contributed by atoms with van der Waals surface area (Å²) in [7, 11) is 1.64. The van der Waals surface area contributed by atoms with Crippen molar-refractivity contribution in [2.45, 2.75) is 76.5 Å². The Morgan fingerprint density at radius 3 is 2.44 bits per heavy atom. The van der Waals surface area contributed by atoms with Crippen molar-refractivity contribution in [2.75, 3.05) is 7.11 Å². The molecule has 41 heavy (non-hydrogen) atoms. The second-order valence-electron chi connectivity index (χ2n) is 11.7. The van der Waals surface area contributed by atoms with E-state index in [4.69, 9.17) is 4.74 Å². The molecule has 0 saturated heterocycles. The smallest absolute Gasteiger partial charge is 0.272 e. The topological polar surface area (TPSA) is 63.6 Å². The molecule has 4 aromatic rings. The van der Waals surface area contributed by atoms with Gasteiger partial charge in [0.25, 0.3) is 11.8 Å². The highest BCUT2D eigenvalue weighted by molar-refractivity contribution is 6.04. The highest BCUT2D eigenvalue weighted by atomic mass is 16.5. The number of ether oxygens (including phenoxy) is 1. The Morgan fingerprint density at radius 1 is 0.927 bits per heavy atom. The predicted molar refractivity (Wildman–Crippen MR) is 162 cm³/mol. The second kappa shape index (κ2) is 11.4. The predicted octanol–water partition coefficient (Wildman–Crippen LogP) is 6.74. The first kappa shape index (κ1) is 27.1.